The van der Waals surface area contributed by atoms with E-state index in [-0.39, 0.29) is 5.82 Å². The Morgan fingerprint density at radius 2 is 1.90 bits per heavy atom. The van der Waals surface area contributed by atoms with Crippen LogP contribution in [0.4, 0.5) is 4.39 Å². The van der Waals surface area contributed by atoms with Gasteiger partial charge in [-0.2, -0.15) is 10.2 Å². The first-order valence-electron chi connectivity index (χ1n) is 12.7. The molecule has 0 aliphatic carbocycles. The first kappa shape index (κ1) is 25.6. The van der Waals surface area contributed by atoms with E-state index in [1.165, 1.54) is 33.3 Å². The fourth-order valence-electron chi connectivity index (χ4n) is 4.70. The summed E-state index contributed by atoms with van der Waals surface area (Å²) >= 11 is 0. The third-order valence-electron chi connectivity index (χ3n) is 6.59. The highest BCUT2D eigenvalue weighted by molar-refractivity contribution is 6.01. The van der Waals surface area contributed by atoms with Gasteiger partial charge >= 0.3 is 0 Å². The smallest absolute Gasteiger partial charge is 0.267 e. The molecule has 10 nitrogen and oxygen atoms in total. The summed E-state index contributed by atoms with van der Waals surface area (Å²) in [5.41, 5.74) is 2.82. The number of amides is 1. The Morgan fingerprint density at radius 3 is 2.66 bits per heavy atom. The number of carbonyl (C=O) groups excluding carboxylic acids is 1. The monoisotopic (exact) mass is 546 g/mol. The minimum atomic E-state index is -0.729. The predicted molar refractivity (Wildman–Crippen MR) is 150 cm³/mol. The van der Waals surface area contributed by atoms with Crippen molar-refractivity contribution in [1.29, 1.82) is 0 Å². The second kappa shape index (κ2) is 10.2. The van der Waals surface area contributed by atoms with E-state index in [1.807, 2.05) is 0 Å². The van der Waals surface area contributed by atoms with Crippen LogP contribution in [-0.4, -0.2) is 39.8 Å². The normalized spacial score (nSPS) is 11.8. The summed E-state index contributed by atoms with van der Waals surface area (Å²) in [7, 11) is 1.79. The van der Waals surface area contributed by atoms with E-state index in [1.54, 1.807) is 74.6 Å². The van der Waals surface area contributed by atoms with Crippen LogP contribution in [-0.2, 0) is 7.05 Å². The average Bonchev–Trinajstić information content (AvgIpc) is 3.53. The van der Waals surface area contributed by atoms with Crippen LogP contribution >= 0.6 is 0 Å². The molecule has 0 radical (unpaired) electrons. The second-order valence-electron chi connectivity index (χ2n) is 9.48. The Bertz CT molecular complexity index is 2080. The molecule has 0 saturated carbocycles. The minimum absolute atomic E-state index is 0.266. The Balaban J connectivity index is 1.49. The lowest BCUT2D eigenvalue weighted by Crippen LogP contribution is -2.33. The Hall–Kier alpha value is -5.63. The summed E-state index contributed by atoms with van der Waals surface area (Å²) < 4.78 is 18.4. The maximum absolute atomic E-state index is 14.1. The predicted octanol–water partition coefficient (Wildman–Crippen LogP) is 3.50. The molecule has 6 aromatic rings. The topological polar surface area (TPSA) is 112 Å². The van der Waals surface area contributed by atoms with E-state index in [0.717, 1.165) is 0 Å². The summed E-state index contributed by atoms with van der Waals surface area (Å²) in [5.74, 6) is 5.51. The van der Waals surface area contributed by atoms with E-state index in [4.69, 9.17) is 4.98 Å². The molecule has 0 aliphatic rings. The van der Waals surface area contributed by atoms with E-state index in [2.05, 4.69) is 32.3 Å². The van der Waals surface area contributed by atoms with Crippen molar-refractivity contribution in [3.05, 3.63) is 118 Å². The fraction of sp³-hybridized carbons (Fsp3) is 0.133. The van der Waals surface area contributed by atoms with Crippen LogP contribution in [0.1, 0.15) is 46.0 Å². The quantitative estimate of drug-likeness (QED) is 0.339. The van der Waals surface area contributed by atoms with Gasteiger partial charge in [0.15, 0.2) is 5.65 Å². The number of halogens is 1. The number of hydrogen-bond acceptors (Lipinski definition) is 6. The van der Waals surface area contributed by atoms with E-state index >= 15 is 0 Å². The van der Waals surface area contributed by atoms with Gasteiger partial charge in [-0.05, 0) is 56.3 Å². The van der Waals surface area contributed by atoms with E-state index in [9.17, 15) is 14.0 Å². The van der Waals surface area contributed by atoms with E-state index < -0.39 is 23.3 Å². The van der Waals surface area contributed by atoms with Crippen LogP contribution < -0.4 is 10.9 Å². The lowest BCUT2D eigenvalue weighted by molar-refractivity contribution is 0.0938. The third kappa shape index (κ3) is 4.72. The number of benzene rings is 2. The second-order valence-corrected chi connectivity index (χ2v) is 9.48. The number of carbonyl (C=O) groups is 1. The number of nitrogens with one attached hydrogen (secondary N) is 1. The van der Waals surface area contributed by atoms with Crippen molar-refractivity contribution in [2.24, 2.45) is 7.05 Å². The molecule has 0 saturated heterocycles. The maximum atomic E-state index is 14.1. The highest BCUT2D eigenvalue weighted by atomic mass is 19.1. The molecule has 202 valence electrons. The van der Waals surface area contributed by atoms with Crippen molar-refractivity contribution >= 4 is 22.5 Å². The number of aromatic nitrogens is 7. The molecule has 1 atom stereocenters. The molecule has 0 fully saturated rings. The van der Waals surface area contributed by atoms with Gasteiger partial charge in [0.05, 0.1) is 40.1 Å². The van der Waals surface area contributed by atoms with Gasteiger partial charge in [0.25, 0.3) is 11.5 Å². The van der Waals surface area contributed by atoms with Crippen LogP contribution in [0.5, 0.6) is 0 Å². The van der Waals surface area contributed by atoms with Crippen molar-refractivity contribution in [3.8, 4) is 17.5 Å². The number of fused-ring (bicyclic) bond motifs is 2. The molecule has 6 rings (SSSR count). The zero-order valence-electron chi connectivity index (χ0n) is 22.3. The molecule has 2 aromatic carbocycles. The van der Waals surface area contributed by atoms with Crippen molar-refractivity contribution < 1.29 is 9.18 Å². The van der Waals surface area contributed by atoms with E-state index in [0.29, 0.717) is 44.6 Å². The Kier molecular flexibility index (Phi) is 6.35. The molecule has 11 heteroatoms. The number of aryl methyl sites for hydroxylation is 2. The van der Waals surface area contributed by atoms with Crippen LogP contribution in [0.25, 0.3) is 22.2 Å². The lowest BCUT2D eigenvalue weighted by Gasteiger charge is -2.20. The van der Waals surface area contributed by atoms with Gasteiger partial charge < -0.3 is 5.32 Å². The van der Waals surface area contributed by atoms with Crippen LogP contribution in [0.15, 0.2) is 78.1 Å². The van der Waals surface area contributed by atoms with Crippen molar-refractivity contribution in [2.45, 2.75) is 19.9 Å². The highest BCUT2D eigenvalue weighted by Gasteiger charge is 2.24. The van der Waals surface area contributed by atoms with Crippen molar-refractivity contribution in [2.75, 3.05) is 0 Å². The van der Waals surface area contributed by atoms with Gasteiger partial charge in [-0.3, -0.25) is 18.8 Å². The zero-order chi connectivity index (χ0) is 28.7. The molecule has 4 heterocycles. The lowest BCUT2D eigenvalue weighted by atomic mass is 10.1. The SMILES string of the molecule is Cc1nn2cccnc2c1C(=O)NC(C)c1nc2cccc(C#Cc3cnn(C)c3)c2c(=O)n1-c1ccc(F)cc1. The van der Waals surface area contributed by atoms with Crippen molar-refractivity contribution in [3.63, 3.8) is 0 Å². The fourth-order valence-corrected chi connectivity index (χ4v) is 4.70. The van der Waals surface area contributed by atoms with Gasteiger partial charge in [0.2, 0.25) is 0 Å². The Labute approximate surface area is 233 Å². The number of hydrogen-bond donors (Lipinski definition) is 1. The molecule has 4 aromatic heterocycles. The summed E-state index contributed by atoms with van der Waals surface area (Å²) in [6, 6.07) is 11.7. The summed E-state index contributed by atoms with van der Waals surface area (Å²) in [6.45, 7) is 3.46. The van der Waals surface area contributed by atoms with Gasteiger partial charge in [-0.1, -0.05) is 17.9 Å². The third-order valence-corrected chi connectivity index (χ3v) is 6.59. The standard InChI is InChI=1S/C30H23FN8O2/c1-18-25(28-32-14-5-15-38(28)36-18)29(40)34-19(2)27-35-24-7-4-6-21(9-8-20-16-33-37(3)17-20)26(24)30(41)39(27)23-12-10-22(31)11-13-23/h4-7,10-17,19H,1-3H3,(H,34,40). The maximum Gasteiger partial charge on any atom is 0.267 e. The molecule has 1 unspecified atom stereocenters. The van der Waals surface area contributed by atoms with Crippen LogP contribution in [0, 0.1) is 24.6 Å². The molecule has 41 heavy (non-hydrogen) atoms. The highest BCUT2D eigenvalue weighted by Crippen LogP contribution is 2.22. The first-order valence-corrected chi connectivity index (χ1v) is 12.7. The summed E-state index contributed by atoms with van der Waals surface area (Å²) in [6.07, 6.45) is 6.71. The average molecular weight is 547 g/mol. The Morgan fingerprint density at radius 1 is 1.10 bits per heavy atom. The number of rotatable bonds is 4. The molecule has 0 aliphatic heterocycles. The first-order chi connectivity index (χ1) is 19.8. The molecule has 1 N–H and O–H groups in total. The van der Waals surface area contributed by atoms with Crippen molar-refractivity contribution in [1.82, 2.24) is 39.2 Å². The minimum Gasteiger partial charge on any atom is -0.342 e. The summed E-state index contributed by atoms with van der Waals surface area (Å²) in [5, 5.41) is 11.7. The van der Waals surface area contributed by atoms with Gasteiger partial charge in [0, 0.05) is 31.2 Å². The van der Waals surface area contributed by atoms with Gasteiger partial charge in [-0.15, -0.1) is 0 Å². The molecular formula is C30H23FN8O2. The van der Waals surface area contributed by atoms with Crippen LogP contribution in [0.2, 0.25) is 0 Å². The number of nitrogens with zero attached hydrogens (tertiary/aromatic N) is 7. The molecular weight excluding hydrogens is 523 g/mol. The van der Waals surface area contributed by atoms with Gasteiger partial charge in [-0.25, -0.2) is 18.9 Å². The van der Waals surface area contributed by atoms with Gasteiger partial charge in [0.1, 0.15) is 17.2 Å². The zero-order valence-corrected chi connectivity index (χ0v) is 22.3. The molecule has 0 spiro atoms. The summed E-state index contributed by atoms with van der Waals surface area (Å²) in [4.78, 5) is 36.7. The van der Waals surface area contributed by atoms with Crippen LogP contribution in [0.3, 0.4) is 0 Å². The molecule has 0 bridgehead atoms. The largest absolute Gasteiger partial charge is 0.342 e. The molecule has 1 amide bonds.